The van der Waals surface area contributed by atoms with E-state index < -0.39 is 20.0 Å². The van der Waals surface area contributed by atoms with E-state index in [9.17, 15) is 16.8 Å². The lowest BCUT2D eigenvalue weighted by Crippen LogP contribution is -2.32. The Bertz CT molecular complexity index is 1000. The van der Waals surface area contributed by atoms with Crippen LogP contribution in [0.15, 0.2) is 41.3 Å². The Morgan fingerprint density at radius 3 is 2.11 bits per heavy atom. The van der Waals surface area contributed by atoms with Crippen molar-refractivity contribution in [3.63, 3.8) is 0 Å². The van der Waals surface area contributed by atoms with Crippen LogP contribution in [0.3, 0.4) is 0 Å². The third-order valence-corrected chi connectivity index (χ3v) is 8.29. The fraction of sp³-hybridized carbons (Fsp3) is 0.500. The van der Waals surface area contributed by atoms with Gasteiger partial charge in [0.15, 0.2) is 0 Å². The van der Waals surface area contributed by atoms with Crippen LogP contribution in [-0.4, -0.2) is 36.7 Å². The first-order chi connectivity index (χ1) is 13.2. The number of rotatable bonds is 11. The van der Waals surface area contributed by atoms with Crippen molar-refractivity contribution < 1.29 is 16.8 Å². The van der Waals surface area contributed by atoms with Gasteiger partial charge < -0.3 is 4.90 Å². The minimum absolute atomic E-state index is 0.0276. The largest absolute Gasteiger partial charge is 0.377 e. The maximum atomic E-state index is 12.8. The predicted octanol–water partition coefficient (Wildman–Crippen LogP) is 3.87. The van der Waals surface area contributed by atoms with Crippen LogP contribution in [0.1, 0.15) is 45.4 Å². The molecule has 0 aliphatic rings. The average Bonchev–Trinajstić information content (AvgIpc) is 2.62. The number of unbranched alkanes of at least 4 members (excludes halogenated alkanes) is 5. The second-order valence-corrected chi connectivity index (χ2v) is 10.9. The summed E-state index contributed by atoms with van der Waals surface area (Å²) in [7, 11) is -4.37. The van der Waals surface area contributed by atoms with E-state index in [1.807, 2.05) is 35.3 Å². The molecule has 0 bridgehead atoms. The van der Waals surface area contributed by atoms with Crippen molar-refractivity contribution in [1.29, 1.82) is 0 Å². The van der Waals surface area contributed by atoms with Gasteiger partial charge in [-0.15, -0.1) is 4.13 Å². The third kappa shape index (κ3) is 5.93. The SMILES string of the molecule is CCCCCCCCS(=O)(=O)NS(=O)(=O)c1cccc2c(N(C)C)cccc12. The highest BCUT2D eigenvalue weighted by Gasteiger charge is 2.24. The molecular formula is C20H30N2O4S2. The normalized spacial score (nSPS) is 12.4. The number of nitrogens with zero attached hydrogens (tertiary/aromatic N) is 1. The topological polar surface area (TPSA) is 83.5 Å². The van der Waals surface area contributed by atoms with Crippen LogP contribution in [0.2, 0.25) is 0 Å². The second-order valence-electron chi connectivity index (χ2n) is 7.20. The molecule has 2 rings (SSSR count). The molecule has 0 saturated heterocycles. The standard InChI is InChI=1S/C20H30N2O4S2/c1-4-5-6-7-8-9-16-27(23,24)21-28(25,26)20-15-11-12-17-18(20)13-10-14-19(17)22(2)3/h10-15,21H,4-9,16H2,1-3H3. The van der Waals surface area contributed by atoms with Crippen molar-refractivity contribution in [1.82, 2.24) is 4.13 Å². The molecule has 1 N–H and O–H groups in total. The van der Waals surface area contributed by atoms with E-state index in [0.717, 1.165) is 43.2 Å². The van der Waals surface area contributed by atoms with E-state index in [1.54, 1.807) is 18.2 Å². The van der Waals surface area contributed by atoms with Gasteiger partial charge in [-0.25, -0.2) is 16.8 Å². The Kier molecular flexibility index (Phi) is 7.86. The first-order valence-corrected chi connectivity index (χ1v) is 12.8. The Morgan fingerprint density at radius 1 is 0.821 bits per heavy atom. The van der Waals surface area contributed by atoms with Crippen LogP contribution in [0, 0.1) is 0 Å². The monoisotopic (exact) mass is 426 g/mol. The fourth-order valence-corrected chi connectivity index (χ4v) is 6.55. The molecule has 156 valence electrons. The van der Waals surface area contributed by atoms with Crippen LogP contribution < -0.4 is 9.03 Å². The molecule has 0 aliphatic heterocycles. The van der Waals surface area contributed by atoms with Gasteiger partial charge in [-0.2, -0.15) is 0 Å². The lowest BCUT2D eigenvalue weighted by atomic mass is 10.1. The van der Waals surface area contributed by atoms with E-state index >= 15 is 0 Å². The van der Waals surface area contributed by atoms with Gasteiger partial charge in [0.05, 0.1) is 10.6 Å². The summed E-state index contributed by atoms with van der Waals surface area (Å²) in [4.78, 5) is 1.86. The van der Waals surface area contributed by atoms with Crippen molar-refractivity contribution in [2.24, 2.45) is 0 Å². The highest BCUT2D eigenvalue weighted by molar-refractivity contribution is 8.04. The number of nitrogens with one attached hydrogen (secondary N) is 1. The molecule has 0 atom stereocenters. The summed E-state index contributed by atoms with van der Waals surface area (Å²) in [6.07, 6.45) is 5.53. The smallest absolute Gasteiger partial charge is 0.254 e. The van der Waals surface area contributed by atoms with Gasteiger partial charge in [0.2, 0.25) is 10.0 Å². The van der Waals surface area contributed by atoms with E-state index in [4.69, 9.17) is 0 Å². The number of anilines is 1. The minimum Gasteiger partial charge on any atom is -0.377 e. The molecule has 2 aromatic carbocycles. The minimum atomic E-state index is -4.19. The van der Waals surface area contributed by atoms with E-state index in [-0.39, 0.29) is 10.6 Å². The van der Waals surface area contributed by atoms with Gasteiger partial charge in [0.25, 0.3) is 10.0 Å². The third-order valence-electron chi connectivity index (χ3n) is 4.63. The van der Waals surface area contributed by atoms with Crippen molar-refractivity contribution >= 4 is 36.5 Å². The van der Waals surface area contributed by atoms with Crippen molar-refractivity contribution in [3.8, 4) is 0 Å². The summed E-state index contributed by atoms with van der Waals surface area (Å²) in [6.45, 7) is 2.12. The fourth-order valence-electron chi connectivity index (χ4n) is 3.21. The average molecular weight is 427 g/mol. The molecule has 0 amide bonds. The summed E-state index contributed by atoms with van der Waals surface area (Å²) >= 11 is 0. The summed E-state index contributed by atoms with van der Waals surface area (Å²) in [5.41, 5.74) is 0.865. The summed E-state index contributed by atoms with van der Waals surface area (Å²) < 4.78 is 52.2. The number of fused-ring (bicyclic) bond motifs is 1. The van der Waals surface area contributed by atoms with Crippen LogP contribution in [-0.2, 0) is 20.0 Å². The highest BCUT2D eigenvalue weighted by Crippen LogP contribution is 2.30. The second kappa shape index (κ2) is 9.71. The maximum Gasteiger partial charge on any atom is 0.254 e. The zero-order valence-electron chi connectivity index (χ0n) is 16.8. The number of benzene rings is 2. The Hall–Kier alpha value is -1.64. The zero-order valence-corrected chi connectivity index (χ0v) is 18.4. The number of hydrogen-bond donors (Lipinski definition) is 1. The molecule has 0 saturated carbocycles. The molecule has 0 aromatic heterocycles. The number of sulfonamides is 2. The van der Waals surface area contributed by atoms with Gasteiger partial charge in [0, 0.05) is 30.6 Å². The van der Waals surface area contributed by atoms with Gasteiger partial charge in [0.1, 0.15) is 0 Å². The molecule has 28 heavy (non-hydrogen) atoms. The summed E-state index contributed by atoms with van der Waals surface area (Å²) in [6, 6.07) is 10.2. The van der Waals surface area contributed by atoms with Crippen LogP contribution in [0.5, 0.6) is 0 Å². The van der Waals surface area contributed by atoms with Gasteiger partial charge in [-0.3, -0.25) is 0 Å². The van der Waals surface area contributed by atoms with Crippen LogP contribution in [0.4, 0.5) is 5.69 Å². The highest BCUT2D eigenvalue weighted by atomic mass is 32.3. The van der Waals surface area contributed by atoms with Gasteiger partial charge in [-0.1, -0.05) is 63.3 Å². The maximum absolute atomic E-state index is 12.8. The van der Waals surface area contributed by atoms with Crippen molar-refractivity contribution in [2.75, 3.05) is 24.7 Å². The molecule has 0 aliphatic carbocycles. The van der Waals surface area contributed by atoms with E-state index in [1.165, 1.54) is 6.07 Å². The first kappa shape index (κ1) is 22.6. The van der Waals surface area contributed by atoms with Gasteiger partial charge >= 0.3 is 0 Å². The molecule has 0 radical (unpaired) electrons. The summed E-state index contributed by atoms with van der Waals surface area (Å²) in [5.74, 6) is -0.188. The predicted molar refractivity (Wildman–Crippen MR) is 116 cm³/mol. The quantitative estimate of drug-likeness (QED) is 0.551. The number of hydrogen-bond acceptors (Lipinski definition) is 5. The van der Waals surface area contributed by atoms with Crippen LogP contribution >= 0.6 is 0 Å². The molecule has 0 unspecified atom stereocenters. The molecular weight excluding hydrogens is 396 g/mol. The molecule has 6 nitrogen and oxygen atoms in total. The Labute approximate surface area is 169 Å². The molecule has 0 heterocycles. The van der Waals surface area contributed by atoms with E-state index in [2.05, 4.69) is 6.92 Å². The van der Waals surface area contributed by atoms with E-state index in [0.29, 0.717) is 11.8 Å². The molecule has 8 heteroatoms. The molecule has 2 aromatic rings. The lowest BCUT2D eigenvalue weighted by molar-refractivity contribution is 0.571. The van der Waals surface area contributed by atoms with Crippen molar-refractivity contribution in [3.05, 3.63) is 36.4 Å². The molecule has 0 fully saturated rings. The molecule has 0 spiro atoms. The van der Waals surface area contributed by atoms with Gasteiger partial charge in [-0.05, 0) is 18.6 Å². The lowest BCUT2D eigenvalue weighted by Gasteiger charge is -2.17. The summed E-state index contributed by atoms with van der Waals surface area (Å²) in [5, 5.41) is 1.25. The Balaban J connectivity index is 2.19. The first-order valence-electron chi connectivity index (χ1n) is 9.63. The van der Waals surface area contributed by atoms with Crippen LogP contribution in [0.25, 0.3) is 10.8 Å². The van der Waals surface area contributed by atoms with Crippen molar-refractivity contribution in [2.45, 2.75) is 50.3 Å². The Morgan fingerprint density at radius 2 is 1.43 bits per heavy atom. The zero-order chi connectivity index (χ0) is 20.8.